The molecule has 0 unspecified atom stereocenters. The van der Waals surface area contributed by atoms with Crippen LogP contribution < -0.4 is 4.90 Å². The Bertz CT molecular complexity index is 1040. The van der Waals surface area contributed by atoms with Crippen molar-refractivity contribution in [2.24, 2.45) is 0 Å². The molecule has 27 heavy (non-hydrogen) atoms. The fourth-order valence-corrected chi connectivity index (χ4v) is 4.21. The number of aromatic amines is 1. The largest absolute Gasteiger partial charge is 0.383 e. The summed E-state index contributed by atoms with van der Waals surface area (Å²) in [6.07, 6.45) is 3.12. The third-order valence-electron chi connectivity index (χ3n) is 4.62. The normalized spacial score (nSPS) is 11.3. The molecule has 1 amide bonds. The van der Waals surface area contributed by atoms with Gasteiger partial charge in [-0.2, -0.15) is 0 Å². The molecule has 0 spiro atoms. The van der Waals surface area contributed by atoms with E-state index in [1.165, 1.54) is 5.39 Å². The number of carbonyl (C=O) groups is 1. The number of nitrogens with one attached hydrogen (secondary N) is 1. The quantitative estimate of drug-likeness (QED) is 0.518. The Morgan fingerprint density at radius 3 is 2.85 bits per heavy atom. The van der Waals surface area contributed by atoms with E-state index in [0.717, 1.165) is 26.4 Å². The van der Waals surface area contributed by atoms with Crippen LogP contribution in [0.25, 0.3) is 21.1 Å². The minimum Gasteiger partial charge on any atom is -0.383 e. The van der Waals surface area contributed by atoms with E-state index in [4.69, 9.17) is 4.74 Å². The van der Waals surface area contributed by atoms with Crippen LogP contribution in [-0.4, -0.2) is 36.1 Å². The van der Waals surface area contributed by atoms with Gasteiger partial charge in [0.05, 0.1) is 23.4 Å². The number of benzene rings is 2. The highest BCUT2D eigenvalue weighted by atomic mass is 32.1. The summed E-state index contributed by atoms with van der Waals surface area (Å²) in [6.45, 7) is 0.984. The number of aryl methyl sites for hydroxylation is 1. The van der Waals surface area contributed by atoms with Crippen molar-refractivity contribution in [2.45, 2.75) is 12.8 Å². The number of H-pyrrole nitrogens is 1. The number of rotatable bonds is 7. The minimum absolute atomic E-state index is 0.0661. The third kappa shape index (κ3) is 3.72. The number of thiazole rings is 1. The topological polar surface area (TPSA) is 58.2 Å². The number of carbonyl (C=O) groups excluding carboxylic acids is 1. The second-order valence-corrected chi connectivity index (χ2v) is 7.37. The molecule has 0 saturated carbocycles. The lowest BCUT2D eigenvalue weighted by Gasteiger charge is -2.19. The van der Waals surface area contributed by atoms with Gasteiger partial charge in [-0.05, 0) is 30.2 Å². The maximum Gasteiger partial charge on any atom is 0.229 e. The third-order valence-corrected chi connectivity index (χ3v) is 5.68. The number of methoxy groups -OCH3 is 1. The van der Waals surface area contributed by atoms with Gasteiger partial charge in [0, 0.05) is 30.6 Å². The molecule has 4 rings (SSSR count). The van der Waals surface area contributed by atoms with E-state index in [0.29, 0.717) is 26.0 Å². The van der Waals surface area contributed by atoms with Gasteiger partial charge in [0.25, 0.3) is 0 Å². The first-order valence-corrected chi connectivity index (χ1v) is 9.78. The highest BCUT2D eigenvalue weighted by Crippen LogP contribution is 2.29. The second kappa shape index (κ2) is 7.90. The van der Waals surface area contributed by atoms with Crippen LogP contribution in [0.1, 0.15) is 12.0 Å². The highest BCUT2D eigenvalue weighted by Gasteiger charge is 2.19. The molecular weight excluding hydrogens is 358 g/mol. The van der Waals surface area contributed by atoms with E-state index in [2.05, 4.69) is 16.0 Å². The van der Waals surface area contributed by atoms with E-state index in [1.54, 1.807) is 23.3 Å². The van der Waals surface area contributed by atoms with Crippen molar-refractivity contribution in [1.29, 1.82) is 0 Å². The molecule has 2 aromatic carbocycles. The number of fused-ring (bicyclic) bond motifs is 2. The van der Waals surface area contributed by atoms with Crippen LogP contribution in [0.5, 0.6) is 0 Å². The second-order valence-electron chi connectivity index (χ2n) is 6.36. The van der Waals surface area contributed by atoms with E-state index in [-0.39, 0.29) is 5.91 Å². The molecule has 5 nitrogen and oxygen atoms in total. The monoisotopic (exact) mass is 379 g/mol. The fourth-order valence-electron chi connectivity index (χ4n) is 3.20. The summed E-state index contributed by atoms with van der Waals surface area (Å²) in [7, 11) is 1.65. The highest BCUT2D eigenvalue weighted by molar-refractivity contribution is 7.22. The van der Waals surface area contributed by atoms with Gasteiger partial charge < -0.3 is 9.72 Å². The summed E-state index contributed by atoms with van der Waals surface area (Å²) in [5.41, 5.74) is 3.18. The van der Waals surface area contributed by atoms with Gasteiger partial charge in [-0.3, -0.25) is 9.69 Å². The molecule has 0 bridgehead atoms. The van der Waals surface area contributed by atoms with Crippen molar-refractivity contribution in [2.75, 3.05) is 25.2 Å². The lowest BCUT2D eigenvalue weighted by molar-refractivity contribution is -0.118. The number of para-hydroxylation sites is 2. The van der Waals surface area contributed by atoms with E-state index in [1.807, 2.05) is 48.7 Å². The van der Waals surface area contributed by atoms with Crippen molar-refractivity contribution in [3.05, 3.63) is 60.3 Å². The molecule has 0 fully saturated rings. The maximum atomic E-state index is 13.0. The summed E-state index contributed by atoms with van der Waals surface area (Å²) in [6, 6.07) is 16.1. The van der Waals surface area contributed by atoms with Crippen molar-refractivity contribution >= 4 is 43.5 Å². The molecule has 0 aliphatic rings. The number of hydrogen-bond donors (Lipinski definition) is 1. The maximum absolute atomic E-state index is 13.0. The van der Waals surface area contributed by atoms with Gasteiger partial charge in [0.15, 0.2) is 5.13 Å². The zero-order valence-electron chi connectivity index (χ0n) is 15.1. The van der Waals surface area contributed by atoms with Crippen molar-refractivity contribution in [3.8, 4) is 0 Å². The zero-order valence-corrected chi connectivity index (χ0v) is 16.0. The molecule has 0 atom stereocenters. The van der Waals surface area contributed by atoms with Crippen LogP contribution in [0.15, 0.2) is 54.7 Å². The molecule has 4 aromatic rings. The van der Waals surface area contributed by atoms with Gasteiger partial charge in [0.2, 0.25) is 5.91 Å². The Balaban J connectivity index is 1.53. The molecule has 0 aliphatic carbocycles. The lowest BCUT2D eigenvalue weighted by Crippen LogP contribution is -2.34. The molecule has 1 N–H and O–H groups in total. The van der Waals surface area contributed by atoms with Crippen molar-refractivity contribution < 1.29 is 9.53 Å². The Kier molecular flexibility index (Phi) is 5.18. The first-order valence-electron chi connectivity index (χ1n) is 8.96. The molecule has 2 heterocycles. The van der Waals surface area contributed by atoms with Crippen LogP contribution in [0.2, 0.25) is 0 Å². The molecule has 0 aliphatic heterocycles. The fraction of sp³-hybridized carbons (Fsp3) is 0.238. The van der Waals surface area contributed by atoms with Crippen LogP contribution >= 0.6 is 11.3 Å². The number of amides is 1. The van der Waals surface area contributed by atoms with Crippen LogP contribution in [-0.2, 0) is 16.0 Å². The first-order chi connectivity index (χ1) is 13.3. The molecular formula is C21H21N3O2S. The molecule has 0 radical (unpaired) electrons. The SMILES string of the molecule is COCCN(C(=O)CCc1c[nH]c2ccccc12)c1nc2ccccc2s1. The van der Waals surface area contributed by atoms with Crippen LogP contribution in [0.4, 0.5) is 5.13 Å². The Labute approximate surface area is 161 Å². The van der Waals surface area contributed by atoms with E-state index in [9.17, 15) is 4.79 Å². The van der Waals surface area contributed by atoms with Gasteiger partial charge in [0.1, 0.15) is 0 Å². The zero-order chi connectivity index (χ0) is 18.6. The number of ether oxygens (including phenoxy) is 1. The molecule has 138 valence electrons. The molecule has 6 heteroatoms. The number of aromatic nitrogens is 2. The molecule has 2 aromatic heterocycles. The van der Waals surface area contributed by atoms with E-state index < -0.39 is 0 Å². The average Bonchev–Trinajstić information content (AvgIpc) is 3.30. The predicted molar refractivity (Wildman–Crippen MR) is 110 cm³/mol. The van der Waals surface area contributed by atoms with Gasteiger partial charge in [-0.15, -0.1) is 0 Å². The lowest BCUT2D eigenvalue weighted by atomic mass is 10.1. The Morgan fingerprint density at radius 1 is 1.19 bits per heavy atom. The van der Waals surface area contributed by atoms with Gasteiger partial charge >= 0.3 is 0 Å². The van der Waals surface area contributed by atoms with Crippen LogP contribution in [0.3, 0.4) is 0 Å². The summed E-state index contributed by atoms with van der Waals surface area (Å²) >= 11 is 1.54. The molecule has 0 saturated heterocycles. The minimum atomic E-state index is 0.0661. The number of nitrogens with zero attached hydrogens (tertiary/aromatic N) is 2. The summed E-state index contributed by atoms with van der Waals surface area (Å²) < 4.78 is 6.29. The van der Waals surface area contributed by atoms with Gasteiger partial charge in [-0.1, -0.05) is 41.7 Å². The standard InChI is InChI=1S/C21H21N3O2S/c1-26-13-12-24(21-23-18-8-4-5-9-19(18)27-21)20(25)11-10-15-14-22-17-7-3-2-6-16(15)17/h2-9,14,22H,10-13H2,1H3. The van der Waals surface area contributed by atoms with Crippen LogP contribution in [0, 0.1) is 0 Å². The van der Waals surface area contributed by atoms with E-state index >= 15 is 0 Å². The summed E-state index contributed by atoms with van der Waals surface area (Å²) in [5, 5.41) is 1.91. The summed E-state index contributed by atoms with van der Waals surface area (Å²) in [5.74, 6) is 0.0661. The Hall–Kier alpha value is -2.70. The number of anilines is 1. The van der Waals surface area contributed by atoms with Crippen molar-refractivity contribution in [3.63, 3.8) is 0 Å². The smallest absolute Gasteiger partial charge is 0.229 e. The average molecular weight is 379 g/mol. The first kappa shape index (κ1) is 17.7. The number of hydrogen-bond acceptors (Lipinski definition) is 4. The Morgan fingerprint density at radius 2 is 2.00 bits per heavy atom. The summed E-state index contributed by atoms with van der Waals surface area (Å²) in [4.78, 5) is 22.7. The predicted octanol–water partition coefficient (Wildman–Crippen LogP) is 4.39. The van der Waals surface area contributed by atoms with Gasteiger partial charge in [-0.25, -0.2) is 4.98 Å². The van der Waals surface area contributed by atoms with Crippen molar-refractivity contribution in [1.82, 2.24) is 9.97 Å².